The average Bonchev–Trinajstić information content (AvgIpc) is 2.58. The minimum absolute atomic E-state index is 0.110. The molecule has 1 aromatic carbocycles. The van der Waals surface area contributed by atoms with Crippen molar-refractivity contribution in [2.75, 3.05) is 32.8 Å². The van der Waals surface area contributed by atoms with Crippen molar-refractivity contribution in [1.29, 1.82) is 0 Å². The standard InChI is InChI=1S/C20H32N2O2/c1-4-17-5-7-18(8-6-17)9-10-20(23)21-13-19-15-22(11-12-24-19)14-16(2)3/h5-8,16,19H,4,9-15H2,1-3H3,(H,21,23). The van der Waals surface area contributed by atoms with Crippen LogP contribution in [0, 0.1) is 5.92 Å². The number of rotatable bonds is 8. The van der Waals surface area contributed by atoms with Crippen LogP contribution >= 0.6 is 0 Å². The summed E-state index contributed by atoms with van der Waals surface area (Å²) in [6.45, 7) is 11.0. The second-order valence-electron chi connectivity index (χ2n) is 7.12. The Kier molecular flexibility index (Phi) is 7.73. The van der Waals surface area contributed by atoms with E-state index in [0.29, 0.717) is 18.9 Å². The number of carbonyl (C=O) groups is 1. The zero-order valence-corrected chi connectivity index (χ0v) is 15.4. The molecule has 134 valence electrons. The van der Waals surface area contributed by atoms with Gasteiger partial charge in [0.25, 0.3) is 0 Å². The van der Waals surface area contributed by atoms with Crippen molar-refractivity contribution in [3.05, 3.63) is 35.4 Å². The first kappa shape index (κ1) is 18.9. The number of morpholine rings is 1. The van der Waals surface area contributed by atoms with E-state index >= 15 is 0 Å². The van der Waals surface area contributed by atoms with Gasteiger partial charge >= 0.3 is 0 Å². The maximum absolute atomic E-state index is 12.1. The molecule has 1 heterocycles. The highest BCUT2D eigenvalue weighted by Gasteiger charge is 2.21. The lowest BCUT2D eigenvalue weighted by molar-refractivity contribution is -0.122. The summed E-state index contributed by atoms with van der Waals surface area (Å²) in [5.74, 6) is 0.775. The Morgan fingerprint density at radius 1 is 1.29 bits per heavy atom. The van der Waals surface area contributed by atoms with Crippen LogP contribution in [0.3, 0.4) is 0 Å². The molecule has 1 unspecified atom stereocenters. The number of amides is 1. The van der Waals surface area contributed by atoms with Gasteiger partial charge < -0.3 is 10.1 Å². The summed E-state index contributed by atoms with van der Waals surface area (Å²) in [6, 6.07) is 8.54. The van der Waals surface area contributed by atoms with Gasteiger partial charge in [-0.2, -0.15) is 0 Å². The number of ether oxygens (including phenoxy) is 1. The summed E-state index contributed by atoms with van der Waals surface area (Å²) in [5.41, 5.74) is 2.56. The first-order valence-corrected chi connectivity index (χ1v) is 9.25. The van der Waals surface area contributed by atoms with Gasteiger partial charge in [-0.25, -0.2) is 0 Å². The van der Waals surface area contributed by atoms with Crippen LogP contribution in [-0.2, 0) is 22.4 Å². The molecule has 1 fully saturated rings. The summed E-state index contributed by atoms with van der Waals surface area (Å²) in [5, 5.41) is 3.03. The van der Waals surface area contributed by atoms with Gasteiger partial charge in [0.1, 0.15) is 0 Å². The topological polar surface area (TPSA) is 41.6 Å². The molecular formula is C20H32N2O2. The first-order valence-electron chi connectivity index (χ1n) is 9.25. The van der Waals surface area contributed by atoms with E-state index in [2.05, 4.69) is 55.3 Å². The van der Waals surface area contributed by atoms with Crippen molar-refractivity contribution in [3.63, 3.8) is 0 Å². The predicted octanol–water partition coefficient (Wildman–Crippen LogP) is 2.65. The Morgan fingerprint density at radius 2 is 2.00 bits per heavy atom. The van der Waals surface area contributed by atoms with Crippen LogP contribution in [0.2, 0.25) is 0 Å². The number of carbonyl (C=O) groups excluding carboxylic acids is 1. The van der Waals surface area contributed by atoms with Crippen molar-refractivity contribution >= 4 is 5.91 Å². The third kappa shape index (κ3) is 6.62. The lowest BCUT2D eigenvalue weighted by atomic mass is 10.1. The minimum Gasteiger partial charge on any atom is -0.374 e. The second-order valence-corrected chi connectivity index (χ2v) is 7.12. The fourth-order valence-electron chi connectivity index (χ4n) is 3.10. The predicted molar refractivity (Wildman–Crippen MR) is 98.2 cm³/mol. The summed E-state index contributed by atoms with van der Waals surface area (Å²) in [4.78, 5) is 14.5. The molecule has 1 aromatic rings. The maximum Gasteiger partial charge on any atom is 0.220 e. The van der Waals surface area contributed by atoms with Crippen LogP contribution in [0.5, 0.6) is 0 Å². The molecule has 0 saturated carbocycles. The van der Waals surface area contributed by atoms with Crippen molar-refractivity contribution < 1.29 is 9.53 Å². The monoisotopic (exact) mass is 332 g/mol. The van der Waals surface area contributed by atoms with Gasteiger partial charge in [0, 0.05) is 32.6 Å². The Hall–Kier alpha value is -1.39. The number of nitrogens with one attached hydrogen (secondary N) is 1. The number of hydrogen-bond donors (Lipinski definition) is 1. The van der Waals surface area contributed by atoms with E-state index in [0.717, 1.165) is 39.1 Å². The van der Waals surface area contributed by atoms with Crippen molar-refractivity contribution in [1.82, 2.24) is 10.2 Å². The molecule has 0 spiro atoms. The molecule has 4 nitrogen and oxygen atoms in total. The first-order chi connectivity index (χ1) is 11.6. The van der Waals surface area contributed by atoms with Crippen molar-refractivity contribution in [2.45, 2.75) is 46.1 Å². The van der Waals surface area contributed by atoms with E-state index in [1.165, 1.54) is 11.1 Å². The highest BCUT2D eigenvalue weighted by Crippen LogP contribution is 2.09. The molecule has 4 heteroatoms. The van der Waals surface area contributed by atoms with Gasteiger partial charge in [-0.1, -0.05) is 45.0 Å². The quantitative estimate of drug-likeness (QED) is 0.796. The molecule has 0 aliphatic carbocycles. The van der Waals surface area contributed by atoms with Gasteiger partial charge in [-0.3, -0.25) is 9.69 Å². The molecule has 0 radical (unpaired) electrons. The molecule has 1 atom stereocenters. The Morgan fingerprint density at radius 3 is 2.67 bits per heavy atom. The van der Waals surface area contributed by atoms with Gasteiger partial charge in [0.05, 0.1) is 12.7 Å². The fourth-order valence-corrected chi connectivity index (χ4v) is 3.10. The maximum atomic E-state index is 12.1. The van der Waals surface area contributed by atoms with Crippen LogP contribution in [0.15, 0.2) is 24.3 Å². The van der Waals surface area contributed by atoms with E-state index in [9.17, 15) is 4.79 Å². The Bertz CT molecular complexity index is 499. The van der Waals surface area contributed by atoms with Gasteiger partial charge in [-0.05, 0) is 29.9 Å². The van der Waals surface area contributed by atoms with E-state index in [4.69, 9.17) is 4.74 Å². The van der Waals surface area contributed by atoms with Crippen molar-refractivity contribution in [3.8, 4) is 0 Å². The fraction of sp³-hybridized carbons (Fsp3) is 0.650. The molecule has 24 heavy (non-hydrogen) atoms. The molecular weight excluding hydrogens is 300 g/mol. The molecule has 1 N–H and O–H groups in total. The highest BCUT2D eigenvalue weighted by molar-refractivity contribution is 5.76. The third-order valence-corrected chi connectivity index (χ3v) is 4.45. The van der Waals surface area contributed by atoms with E-state index in [-0.39, 0.29) is 12.0 Å². The third-order valence-electron chi connectivity index (χ3n) is 4.45. The summed E-state index contributed by atoms with van der Waals surface area (Å²) in [7, 11) is 0. The van der Waals surface area contributed by atoms with Crippen LogP contribution in [-0.4, -0.2) is 49.7 Å². The van der Waals surface area contributed by atoms with Gasteiger partial charge in [-0.15, -0.1) is 0 Å². The van der Waals surface area contributed by atoms with Crippen LogP contribution < -0.4 is 5.32 Å². The molecule has 1 amide bonds. The lowest BCUT2D eigenvalue weighted by Crippen LogP contribution is -2.48. The largest absolute Gasteiger partial charge is 0.374 e. The van der Waals surface area contributed by atoms with Gasteiger partial charge in [0.2, 0.25) is 5.91 Å². The number of hydrogen-bond acceptors (Lipinski definition) is 3. The van der Waals surface area contributed by atoms with Crippen LogP contribution in [0.25, 0.3) is 0 Å². The van der Waals surface area contributed by atoms with E-state index < -0.39 is 0 Å². The zero-order valence-electron chi connectivity index (χ0n) is 15.4. The second kappa shape index (κ2) is 9.80. The smallest absolute Gasteiger partial charge is 0.220 e. The lowest BCUT2D eigenvalue weighted by Gasteiger charge is -2.33. The number of benzene rings is 1. The molecule has 1 aliphatic rings. The molecule has 1 saturated heterocycles. The zero-order chi connectivity index (χ0) is 17.4. The number of nitrogens with zero attached hydrogens (tertiary/aromatic N) is 1. The molecule has 0 aromatic heterocycles. The summed E-state index contributed by atoms with van der Waals surface area (Å²) < 4.78 is 5.77. The van der Waals surface area contributed by atoms with Gasteiger partial charge in [0.15, 0.2) is 0 Å². The summed E-state index contributed by atoms with van der Waals surface area (Å²) >= 11 is 0. The van der Waals surface area contributed by atoms with Crippen LogP contribution in [0.1, 0.15) is 38.3 Å². The average molecular weight is 332 g/mol. The minimum atomic E-state index is 0.110. The normalized spacial score (nSPS) is 18.8. The van der Waals surface area contributed by atoms with E-state index in [1.807, 2.05) is 0 Å². The van der Waals surface area contributed by atoms with E-state index in [1.54, 1.807) is 0 Å². The molecule has 2 rings (SSSR count). The summed E-state index contributed by atoms with van der Waals surface area (Å²) in [6.07, 6.45) is 2.50. The Balaban J connectivity index is 1.66. The van der Waals surface area contributed by atoms with Crippen LogP contribution in [0.4, 0.5) is 0 Å². The van der Waals surface area contributed by atoms with Crippen molar-refractivity contribution in [2.24, 2.45) is 5.92 Å². The molecule has 0 bridgehead atoms. The number of aryl methyl sites for hydroxylation is 2. The SMILES string of the molecule is CCc1ccc(CCC(=O)NCC2CN(CC(C)C)CCO2)cc1. The molecule has 1 aliphatic heterocycles. The highest BCUT2D eigenvalue weighted by atomic mass is 16.5. The Labute approximate surface area is 146 Å².